The summed E-state index contributed by atoms with van der Waals surface area (Å²) in [4.78, 5) is 3.66. The molecular formula is C70H67NOS. The van der Waals surface area contributed by atoms with Crippen molar-refractivity contribution < 1.29 is 4.42 Å². The molecule has 7 aromatic rings. The van der Waals surface area contributed by atoms with Gasteiger partial charge in [-0.3, -0.25) is 0 Å². The predicted molar refractivity (Wildman–Crippen MR) is 317 cm³/mol. The van der Waals surface area contributed by atoms with E-state index in [0.29, 0.717) is 5.92 Å². The van der Waals surface area contributed by atoms with Crippen LogP contribution in [-0.4, -0.2) is 0 Å². The summed E-state index contributed by atoms with van der Waals surface area (Å²) in [5, 5.41) is 2.61. The van der Waals surface area contributed by atoms with Gasteiger partial charge in [-0.15, -0.1) is 17.9 Å². The number of aryl methyl sites for hydroxylation is 1. The summed E-state index contributed by atoms with van der Waals surface area (Å²) in [6.07, 6.45) is 43.9. The van der Waals surface area contributed by atoms with Crippen LogP contribution in [0.2, 0.25) is 0 Å². The Morgan fingerprint density at radius 3 is 2.45 bits per heavy atom. The number of thiophene rings is 1. The van der Waals surface area contributed by atoms with E-state index < -0.39 is 5.41 Å². The van der Waals surface area contributed by atoms with Crippen molar-refractivity contribution in [3.8, 4) is 0 Å². The Labute approximate surface area is 438 Å². The molecule has 73 heavy (non-hydrogen) atoms. The lowest BCUT2D eigenvalue weighted by Gasteiger charge is -2.44. The third kappa shape index (κ3) is 9.79. The van der Waals surface area contributed by atoms with Crippen molar-refractivity contribution in [2.45, 2.75) is 76.5 Å². The number of fused-ring (bicyclic) bond motifs is 7. The van der Waals surface area contributed by atoms with Crippen LogP contribution in [0.3, 0.4) is 0 Å². The second kappa shape index (κ2) is 22.5. The molecular weight excluding hydrogens is 903 g/mol. The molecule has 0 saturated heterocycles. The second-order valence-corrected chi connectivity index (χ2v) is 20.5. The molecule has 11 rings (SSSR count). The zero-order valence-corrected chi connectivity index (χ0v) is 43.4. The average molecular weight is 970 g/mol. The molecule has 4 atom stereocenters. The fraction of sp³-hybridized carbons (Fsp3) is 0.200. The van der Waals surface area contributed by atoms with Gasteiger partial charge in [-0.05, 0) is 167 Å². The number of allylic oxidation sites excluding steroid dienone is 15. The highest BCUT2D eigenvalue weighted by molar-refractivity contribution is 7.20. The van der Waals surface area contributed by atoms with Crippen molar-refractivity contribution in [3.05, 3.63) is 282 Å². The van der Waals surface area contributed by atoms with Gasteiger partial charge in [0.05, 0.1) is 5.41 Å². The molecule has 0 spiro atoms. The Hall–Kier alpha value is -7.46. The summed E-state index contributed by atoms with van der Waals surface area (Å²) < 4.78 is 7.75. The average Bonchev–Trinajstić information content (AvgIpc) is 4.04. The van der Waals surface area contributed by atoms with Crippen molar-refractivity contribution >= 4 is 61.4 Å². The van der Waals surface area contributed by atoms with E-state index in [-0.39, 0.29) is 11.8 Å². The van der Waals surface area contributed by atoms with E-state index in [1.54, 1.807) is 0 Å². The quantitative estimate of drug-likeness (QED) is 0.0846. The zero-order valence-electron chi connectivity index (χ0n) is 42.6. The number of anilines is 1. The minimum absolute atomic E-state index is 0.204. The van der Waals surface area contributed by atoms with Gasteiger partial charge in [-0.2, -0.15) is 0 Å². The first-order chi connectivity index (χ1) is 36.0. The molecule has 0 N–H and O–H groups in total. The summed E-state index contributed by atoms with van der Waals surface area (Å²) in [6.45, 7) is 17.4. The summed E-state index contributed by atoms with van der Waals surface area (Å²) in [7, 11) is 0. The van der Waals surface area contributed by atoms with E-state index in [2.05, 4.69) is 231 Å². The first-order valence-electron chi connectivity index (χ1n) is 26.5. The molecule has 4 unspecified atom stereocenters. The standard InChI is InChI=1S/C68H61NOS.C2H6/c1-4-21-51(58-31-19-33-64-67(58)61-30-15-17-32-63(61)70-64)43-45-69(57-39-35-50(36-40-57)53-37-41-60-59-29-16-18-34-65(59)71-66(60)47-53)44-20-24-49(5-2)52-38-42-62-54(46-52)23-10-6-9-22-48(3)68(62,55-25-11-7-12-26-55)56-27-13-8-14-28-56;1-2/h4-7,9-13,15-20,22,24-27,29-30,32-36,38-40,42-47,51,56,58H,1-3,8,14,21,23,28,31,37,41H2;1-2H3/b10-6-,22-9-,44-20-,45-43-,49-24+;. The molecule has 364 valence electrons. The van der Waals surface area contributed by atoms with Crippen LogP contribution in [0.1, 0.15) is 108 Å². The highest BCUT2D eigenvalue weighted by atomic mass is 32.1. The normalized spacial score (nSPS) is 20.7. The van der Waals surface area contributed by atoms with Gasteiger partial charge in [0.1, 0.15) is 11.3 Å². The molecule has 0 amide bonds. The third-order valence-electron chi connectivity index (χ3n) is 15.4. The number of furan rings is 1. The fourth-order valence-corrected chi connectivity index (χ4v) is 13.2. The molecule has 2 nitrogen and oxygen atoms in total. The summed E-state index contributed by atoms with van der Waals surface area (Å²) >= 11 is 1.91. The smallest absolute Gasteiger partial charge is 0.135 e. The monoisotopic (exact) mass is 969 g/mol. The van der Waals surface area contributed by atoms with E-state index in [1.807, 2.05) is 31.3 Å². The van der Waals surface area contributed by atoms with Crippen LogP contribution in [-0.2, 0) is 18.3 Å². The fourth-order valence-electron chi connectivity index (χ4n) is 11.9. The molecule has 5 aromatic carbocycles. The molecule has 0 bridgehead atoms. The maximum Gasteiger partial charge on any atom is 0.135 e. The lowest BCUT2D eigenvalue weighted by molar-refractivity contribution is 0.396. The number of rotatable bonds is 13. The minimum atomic E-state index is -0.395. The largest absolute Gasteiger partial charge is 0.456 e. The Kier molecular flexibility index (Phi) is 15.2. The van der Waals surface area contributed by atoms with E-state index in [1.165, 1.54) is 65.7 Å². The van der Waals surface area contributed by atoms with Crippen molar-refractivity contribution in [2.75, 3.05) is 4.90 Å². The first-order valence-corrected chi connectivity index (χ1v) is 27.3. The minimum Gasteiger partial charge on any atom is -0.456 e. The topological polar surface area (TPSA) is 16.4 Å². The molecule has 2 heterocycles. The summed E-state index contributed by atoms with van der Waals surface area (Å²) in [5.41, 5.74) is 14.4. The van der Waals surface area contributed by atoms with Crippen LogP contribution < -0.4 is 4.90 Å². The van der Waals surface area contributed by atoms with E-state index in [9.17, 15) is 0 Å². The van der Waals surface area contributed by atoms with Gasteiger partial charge in [0.25, 0.3) is 0 Å². The van der Waals surface area contributed by atoms with Crippen LogP contribution >= 0.6 is 11.3 Å². The molecule has 4 aliphatic rings. The number of hydrogen-bond acceptors (Lipinski definition) is 3. The van der Waals surface area contributed by atoms with Gasteiger partial charge in [-0.25, -0.2) is 0 Å². The lowest BCUT2D eigenvalue weighted by atomic mass is 9.58. The lowest BCUT2D eigenvalue weighted by Crippen LogP contribution is -2.38. The summed E-state index contributed by atoms with van der Waals surface area (Å²) in [6, 6.07) is 44.6. The molecule has 0 saturated carbocycles. The van der Waals surface area contributed by atoms with Gasteiger partial charge >= 0.3 is 0 Å². The maximum absolute atomic E-state index is 6.38. The molecule has 2 aromatic heterocycles. The van der Waals surface area contributed by atoms with E-state index >= 15 is 0 Å². The summed E-state index contributed by atoms with van der Waals surface area (Å²) in [5.74, 6) is 1.72. The Morgan fingerprint density at radius 2 is 1.64 bits per heavy atom. The number of benzene rings is 5. The highest BCUT2D eigenvalue weighted by Crippen LogP contribution is 2.51. The maximum atomic E-state index is 6.38. The van der Waals surface area contributed by atoms with Crippen LogP contribution in [0, 0.1) is 11.8 Å². The molecule has 3 heteroatoms. The highest BCUT2D eigenvalue weighted by Gasteiger charge is 2.44. The van der Waals surface area contributed by atoms with Gasteiger partial charge in [0.15, 0.2) is 0 Å². The Bertz CT molecular complexity index is 3390. The molecule has 0 aliphatic heterocycles. The second-order valence-electron chi connectivity index (χ2n) is 19.4. The third-order valence-corrected chi connectivity index (χ3v) is 16.6. The molecule has 0 fully saturated rings. The zero-order chi connectivity index (χ0) is 50.2. The predicted octanol–water partition coefficient (Wildman–Crippen LogP) is 19.5. The van der Waals surface area contributed by atoms with Crippen molar-refractivity contribution in [2.24, 2.45) is 11.8 Å². The van der Waals surface area contributed by atoms with Gasteiger partial charge in [0, 0.05) is 38.6 Å². The molecule has 0 radical (unpaired) electrons. The van der Waals surface area contributed by atoms with Crippen LogP contribution in [0.15, 0.2) is 236 Å². The van der Waals surface area contributed by atoms with Crippen molar-refractivity contribution in [1.29, 1.82) is 0 Å². The van der Waals surface area contributed by atoms with Gasteiger partial charge in [-0.1, -0.05) is 191 Å². The van der Waals surface area contributed by atoms with Crippen molar-refractivity contribution in [1.82, 2.24) is 0 Å². The first kappa shape index (κ1) is 49.1. The van der Waals surface area contributed by atoms with E-state index in [0.717, 1.165) is 78.7 Å². The SMILES string of the molecule is C=CCC(/C=C\N(/C=C\C=C(/C=C)c1ccc2c(c1)C/C=C\C=C/C(=C)C2(c1ccccc1)C1C=CCCC1)c1ccc(C2=Cc3sc4ccccc4c3CC2)cc1)C1CC=Cc2oc3ccccc3c21.CC. The van der Waals surface area contributed by atoms with Crippen molar-refractivity contribution in [3.63, 3.8) is 0 Å². The number of hydrogen-bond donors (Lipinski definition) is 0. The van der Waals surface area contributed by atoms with Crippen LogP contribution in [0.4, 0.5) is 5.69 Å². The molecule has 4 aliphatic carbocycles. The van der Waals surface area contributed by atoms with Gasteiger partial charge in [0.2, 0.25) is 0 Å². The van der Waals surface area contributed by atoms with E-state index in [4.69, 9.17) is 11.0 Å². The number of para-hydroxylation sites is 1. The van der Waals surface area contributed by atoms with Crippen LogP contribution in [0.5, 0.6) is 0 Å². The van der Waals surface area contributed by atoms with Crippen LogP contribution in [0.25, 0.3) is 44.4 Å². The van der Waals surface area contributed by atoms with Gasteiger partial charge < -0.3 is 9.32 Å². The number of nitrogens with zero attached hydrogens (tertiary/aromatic N) is 1. The Balaban J connectivity index is 0.00000302. The Morgan fingerprint density at radius 1 is 0.836 bits per heavy atom.